The van der Waals surface area contributed by atoms with Crippen molar-refractivity contribution in [3.05, 3.63) is 76.1 Å². The van der Waals surface area contributed by atoms with E-state index in [0.717, 1.165) is 16.6 Å². The molecule has 0 saturated carbocycles. The second-order valence-corrected chi connectivity index (χ2v) is 6.22. The Kier molecular flexibility index (Phi) is 4.18. The lowest BCUT2D eigenvalue weighted by Gasteiger charge is -2.37. The van der Waals surface area contributed by atoms with E-state index >= 15 is 0 Å². The Morgan fingerprint density at radius 2 is 1.85 bits per heavy atom. The predicted molar refractivity (Wildman–Crippen MR) is 100 cm³/mol. The molecule has 26 heavy (non-hydrogen) atoms. The zero-order valence-electron chi connectivity index (χ0n) is 14.4. The summed E-state index contributed by atoms with van der Waals surface area (Å²) in [6.45, 7) is 0.769. The molecule has 4 rings (SSSR count). The third-order valence-corrected chi connectivity index (χ3v) is 4.64. The molecule has 2 heterocycles. The number of nitrogens with one attached hydrogen (secondary N) is 2. The van der Waals surface area contributed by atoms with Gasteiger partial charge in [-0.05, 0) is 29.7 Å². The fourth-order valence-electron chi connectivity index (χ4n) is 3.33. The molecule has 2 N–H and O–H groups in total. The number of rotatable bonds is 4. The Labute approximate surface area is 150 Å². The van der Waals surface area contributed by atoms with Crippen LogP contribution in [0.1, 0.15) is 22.1 Å². The number of methoxy groups -OCH3 is 1. The molecule has 6 nitrogen and oxygen atoms in total. The van der Waals surface area contributed by atoms with E-state index in [1.807, 2.05) is 48.5 Å². The van der Waals surface area contributed by atoms with Gasteiger partial charge >= 0.3 is 0 Å². The minimum Gasteiger partial charge on any atom is -0.383 e. The van der Waals surface area contributed by atoms with Gasteiger partial charge in [0.15, 0.2) is 0 Å². The van der Waals surface area contributed by atoms with Crippen molar-refractivity contribution in [1.82, 2.24) is 9.88 Å². The van der Waals surface area contributed by atoms with Crippen molar-refractivity contribution in [2.24, 2.45) is 0 Å². The first-order valence-electron chi connectivity index (χ1n) is 8.46. The van der Waals surface area contributed by atoms with E-state index < -0.39 is 6.17 Å². The molecule has 0 radical (unpaired) electrons. The largest absolute Gasteiger partial charge is 0.383 e. The molecule has 1 amide bonds. The van der Waals surface area contributed by atoms with Gasteiger partial charge in [0.2, 0.25) is 0 Å². The molecule has 3 aromatic rings. The predicted octanol–water partition coefficient (Wildman–Crippen LogP) is 2.74. The summed E-state index contributed by atoms with van der Waals surface area (Å²) in [5, 5.41) is 4.26. The number of H-pyrrole nitrogens is 1. The van der Waals surface area contributed by atoms with Crippen LogP contribution in [0.25, 0.3) is 10.9 Å². The lowest BCUT2D eigenvalue weighted by molar-refractivity contribution is 0.0608. The SMILES string of the molecule is COCCN1C(=O)c2ccccc2N[C@H]1c1cc2ccccc2[nH]c1=O. The van der Waals surface area contributed by atoms with Gasteiger partial charge in [0.1, 0.15) is 6.17 Å². The number of aromatic amines is 1. The summed E-state index contributed by atoms with van der Waals surface area (Å²) in [5.41, 5.74) is 2.38. The van der Waals surface area contributed by atoms with Gasteiger partial charge in [0.25, 0.3) is 11.5 Å². The molecule has 0 spiro atoms. The fraction of sp³-hybridized carbons (Fsp3) is 0.200. The molecule has 1 atom stereocenters. The molecule has 2 aromatic carbocycles. The lowest BCUT2D eigenvalue weighted by atomic mass is 10.0. The van der Waals surface area contributed by atoms with Crippen LogP contribution in [0.4, 0.5) is 5.69 Å². The smallest absolute Gasteiger partial charge is 0.257 e. The lowest BCUT2D eigenvalue weighted by Crippen LogP contribution is -2.46. The Morgan fingerprint density at radius 3 is 2.69 bits per heavy atom. The fourth-order valence-corrected chi connectivity index (χ4v) is 3.33. The van der Waals surface area contributed by atoms with Gasteiger partial charge in [-0.1, -0.05) is 30.3 Å². The number of aromatic nitrogens is 1. The highest BCUT2D eigenvalue weighted by Gasteiger charge is 2.33. The Bertz CT molecular complexity index is 1030. The first kappa shape index (κ1) is 16.4. The van der Waals surface area contributed by atoms with Gasteiger partial charge < -0.3 is 19.9 Å². The quantitative estimate of drug-likeness (QED) is 0.759. The Hall–Kier alpha value is -3.12. The van der Waals surface area contributed by atoms with Crippen LogP contribution in [0.3, 0.4) is 0 Å². The third kappa shape index (κ3) is 2.74. The zero-order chi connectivity index (χ0) is 18.1. The van der Waals surface area contributed by atoms with Crippen molar-refractivity contribution in [2.45, 2.75) is 6.17 Å². The minimum atomic E-state index is -0.555. The number of nitrogens with zero attached hydrogens (tertiary/aromatic N) is 1. The average molecular weight is 349 g/mol. The molecule has 6 heteroatoms. The summed E-state index contributed by atoms with van der Waals surface area (Å²) in [6, 6.07) is 16.8. The first-order chi connectivity index (χ1) is 12.7. The number of para-hydroxylation sites is 2. The molecule has 0 unspecified atom stereocenters. The first-order valence-corrected chi connectivity index (χ1v) is 8.46. The van der Waals surface area contributed by atoms with Gasteiger partial charge in [-0.3, -0.25) is 9.59 Å². The van der Waals surface area contributed by atoms with Gasteiger partial charge in [-0.25, -0.2) is 0 Å². The van der Waals surface area contributed by atoms with Crippen LogP contribution in [-0.2, 0) is 4.74 Å². The zero-order valence-corrected chi connectivity index (χ0v) is 14.4. The van der Waals surface area contributed by atoms with Crippen LogP contribution in [0.2, 0.25) is 0 Å². The highest BCUT2D eigenvalue weighted by molar-refractivity contribution is 6.01. The van der Waals surface area contributed by atoms with Crippen LogP contribution >= 0.6 is 0 Å². The molecule has 0 saturated heterocycles. The highest BCUT2D eigenvalue weighted by atomic mass is 16.5. The molecule has 132 valence electrons. The van der Waals surface area contributed by atoms with Crippen LogP contribution in [-0.4, -0.2) is 36.1 Å². The summed E-state index contributed by atoms with van der Waals surface area (Å²) in [7, 11) is 1.59. The molecule has 1 aliphatic rings. The summed E-state index contributed by atoms with van der Waals surface area (Å²) >= 11 is 0. The summed E-state index contributed by atoms with van der Waals surface area (Å²) in [6.07, 6.45) is -0.555. The van der Waals surface area contributed by atoms with Crippen LogP contribution in [0, 0.1) is 0 Å². The van der Waals surface area contributed by atoms with Gasteiger partial charge in [0, 0.05) is 24.9 Å². The number of hydrogen-bond acceptors (Lipinski definition) is 4. The topological polar surface area (TPSA) is 74.4 Å². The maximum absolute atomic E-state index is 13.0. The molecule has 1 aromatic heterocycles. The number of anilines is 1. The molecular weight excluding hydrogens is 330 g/mol. The highest BCUT2D eigenvalue weighted by Crippen LogP contribution is 2.32. The summed E-state index contributed by atoms with van der Waals surface area (Å²) in [5.74, 6) is -0.117. The molecule has 1 aliphatic heterocycles. The monoisotopic (exact) mass is 349 g/mol. The number of amides is 1. The normalized spacial score (nSPS) is 16.4. The summed E-state index contributed by atoms with van der Waals surface area (Å²) < 4.78 is 5.16. The van der Waals surface area contributed by atoms with E-state index in [-0.39, 0.29) is 11.5 Å². The van der Waals surface area contributed by atoms with E-state index in [1.165, 1.54) is 0 Å². The van der Waals surface area contributed by atoms with Crippen LogP contribution in [0.15, 0.2) is 59.4 Å². The van der Waals surface area contributed by atoms with Gasteiger partial charge in [-0.15, -0.1) is 0 Å². The van der Waals surface area contributed by atoms with Gasteiger partial charge in [0.05, 0.1) is 17.7 Å². The number of fused-ring (bicyclic) bond motifs is 2. The number of carbonyl (C=O) groups excluding carboxylic acids is 1. The number of benzene rings is 2. The second-order valence-electron chi connectivity index (χ2n) is 6.22. The van der Waals surface area contributed by atoms with Crippen molar-refractivity contribution in [2.75, 3.05) is 25.6 Å². The molecule has 0 fully saturated rings. The van der Waals surface area contributed by atoms with Crippen molar-refractivity contribution in [1.29, 1.82) is 0 Å². The van der Waals surface area contributed by atoms with Gasteiger partial charge in [-0.2, -0.15) is 0 Å². The standard InChI is InChI=1S/C20H19N3O3/c1-26-11-10-23-18(21-17-9-5-3-7-14(17)20(23)25)15-12-13-6-2-4-8-16(13)22-19(15)24/h2-9,12,18,21H,10-11H2,1H3,(H,22,24)/t18-/m1/s1. The second kappa shape index (κ2) is 6.65. The maximum Gasteiger partial charge on any atom is 0.257 e. The average Bonchev–Trinajstić information content (AvgIpc) is 2.67. The number of carbonyl (C=O) groups is 1. The number of ether oxygens (including phenoxy) is 1. The van der Waals surface area contributed by atoms with Crippen molar-refractivity contribution >= 4 is 22.5 Å². The van der Waals surface area contributed by atoms with Crippen LogP contribution < -0.4 is 10.9 Å². The Morgan fingerprint density at radius 1 is 1.08 bits per heavy atom. The van der Waals surface area contributed by atoms with E-state index in [4.69, 9.17) is 4.74 Å². The van der Waals surface area contributed by atoms with Crippen molar-refractivity contribution < 1.29 is 9.53 Å². The number of hydrogen-bond donors (Lipinski definition) is 2. The minimum absolute atomic E-state index is 0.117. The Balaban J connectivity index is 1.84. The van der Waals surface area contributed by atoms with E-state index in [0.29, 0.717) is 24.3 Å². The van der Waals surface area contributed by atoms with E-state index in [1.54, 1.807) is 18.1 Å². The molecule has 0 aliphatic carbocycles. The molecule has 0 bridgehead atoms. The van der Waals surface area contributed by atoms with Crippen molar-refractivity contribution in [3.63, 3.8) is 0 Å². The summed E-state index contributed by atoms with van der Waals surface area (Å²) in [4.78, 5) is 30.3. The van der Waals surface area contributed by atoms with Crippen LogP contribution in [0.5, 0.6) is 0 Å². The van der Waals surface area contributed by atoms with E-state index in [9.17, 15) is 9.59 Å². The van der Waals surface area contributed by atoms with Crippen molar-refractivity contribution in [3.8, 4) is 0 Å². The third-order valence-electron chi connectivity index (χ3n) is 4.64. The molecular formula is C20H19N3O3. The maximum atomic E-state index is 13.0. The van der Waals surface area contributed by atoms with E-state index in [2.05, 4.69) is 10.3 Å². The number of pyridine rings is 1.